The molecule has 0 bridgehead atoms. The molecule has 0 spiro atoms. The Bertz CT molecular complexity index is 1770. The number of thiocarbonyl (C=S) groups is 1. The third-order valence-electron chi connectivity index (χ3n) is 7.24. The summed E-state index contributed by atoms with van der Waals surface area (Å²) in [5, 5.41) is 0. The average molecular weight is 590 g/mol. The highest BCUT2D eigenvalue weighted by Crippen LogP contribution is 2.35. The maximum atomic E-state index is 14.4. The van der Waals surface area contributed by atoms with E-state index in [4.69, 9.17) is 17.2 Å². The van der Waals surface area contributed by atoms with E-state index in [0.29, 0.717) is 52.6 Å². The molecule has 0 radical (unpaired) electrons. The van der Waals surface area contributed by atoms with Gasteiger partial charge in [-0.2, -0.15) is 0 Å². The minimum Gasteiger partial charge on any atom is -0.366 e. The Morgan fingerprint density at radius 2 is 1.66 bits per heavy atom. The molecule has 0 aliphatic carbocycles. The van der Waals surface area contributed by atoms with Crippen LogP contribution in [0, 0.1) is 18.6 Å². The Kier molecular flexibility index (Phi) is 7.31. The van der Waals surface area contributed by atoms with Crippen LogP contribution in [-0.2, 0) is 11.3 Å². The van der Waals surface area contributed by atoms with E-state index < -0.39 is 0 Å². The van der Waals surface area contributed by atoms with E-state index in [1.54, 1.807) is 42.6 Å². The van der Waals surface area contributed by atoms with Crippen molar-refractivity contribution in [2.45, 2.75) is 13.5 Å². The van der Waals surface area contributed by atoms with Crippen molar-refractivity contribution in [3.63, 3.8) is 0 Å². The summed E-state index contributed by atoms with van der Waals surface area (Å²) in [7, 11) is 0. The maximum absolute atomic E-state index is 14.4. The highest BCUT2D eigenvalue weighted by molar-refractivity contribution is 8.26. The number of rotatable bonds is 5. The number of pyridine rings is 1. The van der Waals surface area contributed by atoms with Crippen LogP contribution < -0.4 is 15.4 Å². The molecule has 7 nitrogen and oxygen atoms in total. The van der Waals surface area contributed by atoms with Gasteiger partial charge < -0.3 is 9.80 Å². The lowest BCUT2D eigenvalue weighted by molar-refractivity contribution is -0.122. The predicted molar refractivity (Wildman–Crippen MR) is 162 cm³/mol. The number of halogens is 2. The van der Waals surface area contributed by atoms with Gasteiger partial charge in [0.2, 0.25) is 0 Å². The monoisotopic (exact) mass is 589 g/mol. The molecular weight excluding hydrogens is 564 g/mol. The zero-order chi connectivity index (χ0) is 28.7. The van der Waals surface area contributed by atoms with Gasteiger partial charge in [0.1, 0.15) is 27.4 Å². The van der Waals surface area contributed by atoms with Crippen LogP contribution >= 0.6 is 24.0 Å². The highest BCUT2D eigenvalue weighted by atomic mass is 32.2. The SMILES string of the molecule is Cc1cccn2c(=O)c(C=C3SC(=S)N(Cc4ccc(F)cc4)C3=O)c(N3CCN(c4ccccc4F)CC3)nc12. The molecule has 208 valence electrons. The van der Waals surface area contributed by atoms with Crippen molar-refractivity contribution in [2.24, 2.45) is 0 Å². The van der Waals surface area contributed by atoms with E-state index >= 15 is 0 Å². The summed E-state index contributed by atoms with van der Waals surface area (Å²) < 4.78 is 29.6. The van der Waals surface area contributed by atoms with Crippen LogP contribution in [0.25, 0.3) is 11.7 Å². The number of amides is 1. The number of nitrogens with zero attached hydrogens (tertiary/aromatic N) is 5. The van der Waals surface area contributed by atoms with E-state index in [1.165, 1.54) is 27.5 Å². The number of carbonyl (C=O) groups excluding carboxylic acids is 1. The van der Waals surface area contributed by atoms with Gasteiger partial charge in [0.15, 0.2) is 0 Å². The van der Waals surface area contributed by atoms with Crippen LogP contribution in [0.3, 0.4) is 0 Å². The lowest BCUT2D eigenvalue weighted by Gasteiger charge is -2.37. The molecule has 0 saturated carbocycles. The molecule has 4 aromatic rings. The summed E-state index contributed by atoms with van der Waals surface area (Å²) in [6.45, 7) is 4.18. The van der Waals surface area contributed by atoms with Crippen LogP contribution in [0.15, 0.2) is 76.6 Å². The Morgan fingerprint density at radius 1 is 0.951 bits per heavy atom. The number of aryl methyl sites for hydroxylation is 1. The van der Waals surface area contributed by atoms with Crippen molar-refractivity contribution in [1.29, 1.82) is 0 Å². The first-order chi connectivity index (χ1) is 19.8. The summed E-state index contributed by atoms with van der Waals surface area (Å²) in [6.07, 6.45) is 3.24. The number of para-hydroxylation sites is 1. The first-order valence-electron chi connectivity index (χ1n) is 13.1. The van der Waals surface area contributed by atoms with Crippen LogP contribution in [0.1, 0.15) is 16.7 Å². The molecule has 0 unspecified atom stereocenters. The molecule has 0 atom stereocenters. The van der Waals surface area contributed by atoms with Crippen LogP contribution in [0.2, 0.25) is 0 Å². The molecule has 1 amide bonds. The van der Waals surface area contributed by atoms with E-state index in [2.05, 4.69) is 0 Å². The van der Waals surface area contributed by atoms with Crippen LogP contribution in [0.5, 0.6) is 0 Å². The second-order valence-electron chi connectivity index (χ2n) is 9.86. The van der Waals surface area contributed by atoms with Gasteiger partial charge in [-0.15, -0.1) is 0 Å². The molecule has 0 N–H and O–H groups in total. The number of carbonyl (C=O) groups is 1. The molecule has 2 aliphatic heterocycles. The number of anilines is 2. The summed E-state index contributed by atoms with van der Waals surface area (Å²) in [6, 6.07) is 16.2. The van der Waals surface area contributed by atoms with Gasteiger partial charge in [-0.1, -0.05) is 54.3 Å². The fourth-order valence-electron chi connectivity index (χ4n) is 5.07. The fraction of sp³-hybridized carbons (Fsp3) is 0.200. The zero-order valence-corrected chi connectivity index (χ0v) is 23.7. The molecule has 2 aliphatic rings. The largest absolute Gasteiger partial charge is 0.366 e. The quantitative estimate of drug-likeness (QED) is 0.240. The number of aromatic nitrogens is 2. The number of hydrogen-bond acceptors (Lipinski definition) is 7. The van der Waals surface area contributed by atoms with E-state index in [0.717, 1.165) is 22.9 Å². The first-order valence-corrected chi connectivity index (χ1v) is 14.3. The first kappa shape index (κ1) is 27.1. The van der Waals surface area contributed by atoms with Gasteiger partial charge in [-0.3, -0.25) is 18.9 Å². The van der Waals surface area contributed by atoms with Crippen molar-refractivity contribution < 1.29 is 13.6 Å². The summed E-state index contributed by atoms with van der Waals surface area (Å²) in [5.74, 6) is -0.488. The lowest BCUT2D eigenvalue weighted by Crippen LogP contribution is -2.47. The third-order valence-corrected chi connectivity index (χ3v) is 8.62. The van der Waals surface area contributed by atoms with Crippen LogP contribution in [0.4, 0.5) is 20.3 Å². The second-order valence-corrected chi connectivity index (χ2v) is 11.5. The normalized spacial score (nSPS) is 16.9. The third kappa shape index (κ3) is 5.22. The van der Waals surface area contributed by atoms with Crippen molar-refractivity contribution in [3.05, 3.63) is 110 Å². The number of hydrogen-bond donors (Lipinski definition) is 0. The molecular formula is C30H25F2N5O2S2. The minimum absolute atomic E-state index is 0.196. The fourth-order valence-corrected chi connectivity index (χ4v) is 6.31. The Morgan fingerprint density at radius 3 is 2.39 bits per heavy atom. The molecule has 4 heterocycles. The van der Waals surface area contributed by atoms with Gasteiger partial charge >= 0.3 is 0 Å². The summed E-state index contributed by atoms with van der Waals surface area (Å²) in [4.78, 5) is 37.9. The van der Waals surface area contributed by atoms with Gasteiger partial charge in [0.25, 0.3) is 11.5 Å². The van der Waals surface area contributed by atoms with Crippen molar-refractivity contribution in [3.8, 4) is 0 Å². The minimum atomic E-state index is -0.360. The van der Waals surface area contributed by atoms with Crippen molar-refractivity contribution in [1.82, 2.24) is 14.3 Å². The van der Waals surface area contributed by atoms with E-state index in [1.807, 2.05) is 28.9 Å². The van der Waals surface area contributed by atoms with Crippen LogP contribution in [-0.4, -0.2) is 50.7 Å². The average Bonchev–Trinajstić information content (AvgIpc) is 3.23. The standard InChI is InChI=1S/C30H25F2N5O2S2/c1-19-5-4-12-36-26(19)33-27(35-15-13-34(14-16-35)24-7-3-2-6-23(24)32)22(28(36)38)17-25-29(39)37(30(40)41-25)18-20-8-10-21(31)11-9-20/h2-12,17H,13-16,18H2,1H3. The molecule has 6 rings (SSSR count). The summed E-state index contributed by atoms with van der Waals surface area (Å²) in [5.41, 5.74) is 2.64. The summed E-state index contributed by atoms with van der Waals surface area (Å²) >= 11 is 6.62. The number of fused-ring (bicyclic) bond motifs is 1. The highest BCUT2D eigenvalue weighted by Gasteiger charge is 2.33. The lowest BCUT2D eigenvalue weighted by atomic mass is 10.2. The van der Waals surface area contributed by atoms with Gasteiger partial charge in [0, 0.05) is 32.4 Å². The molecule has 2 fully saturated rings. The van der Waals surface area contributed by atoms with Crippen molar-refractivity contribution >= 4 is 57.4 Å². The number of thioether (sulfide) groups is 1. The Balaban J connectivity index is 1.35. The number of piperazine rings is 1. The van der Waals surface area contributed by atoms with Gasteiger partial charge in [-0.25, -0.2) is 13.8 Å². The second kappa shape index (κ2) is 11.1. The maximum Gasteiger partial charge on any atom is 0.267 e. The molecule has 2 saturated heterocycles. The Hall–Kier alpha value is -4.09. The van der Waals surface area contributed by atoms with E-state index in [-0.39, 0.29) is 35.2 Å². The van der Waals surface area contributed by atoms with Crippen molar-refractivity contribution in [2.75, 3.05) is 36.0 Å². The molecule has 41 heavy (non-hydrogen) atoms. The zero-order valence-electron chi connectivity index (χ0n) is 22.1. The topological polar surface area (TPSA) is 61.2 Å². The Labute approximate surface area is 244 Å². The molecule has 11 heteroatoms. The predicted octanol–water partition coefficient (Wildman–Crippen LogP) is 5.01. The van der Waals surface area contributed by atoms with E-state index in [9.17, 15) is 18.4 Å². The molecule has 2 aromatic carbocycles. The molecule has 2 aromatic heterocycles. The van der Waals surface area contributed by atoms with Gasteiger partial charge in [0.05, 0.1) is 22.7 Å². The smallest absolute Gasteiger partial charge is 0.267 e. The van der Waals surface area contributed by atoms with Gasteiger partial charge in [-0.05, 0) is 54.5 Å². The number of benzene rings is 2.